The minimum Gasteiger partial charge on any atom is -0.381 e. The molecule has 5 heterocycles. The molecular weight excluding hydrogens is 471 g/mol. The van der Waals surface area contributed by atoms with Gasteiger partial charge < -0.3 is 9.64 Å². The van der Waals surface area contributed by atoms with Crippen LogP contribution >= 0.6 is 0 Å². The topological polar surface area (TPSA) is 71.3 Å². The molecule has 0 unspecified atom stereocenters. The highest BCUT2D eigenvalue weighted by Gasteiger charge is 2.38. The highest BCUT2D eigenvalue weighted by molar-refractivity contribution is 5.94. The van der Waals surface area contributed by atoms with Crippen LogP contribution in [-0.4, -0.2) is 50.9 Å². The van der Waals surface area contributed by atoms with Crippen molar-refractivity contribution in [3.05, 3.63) is 52.7 Å². The van der Waals surface area contributed by atoms with E-state index in [0.717, 1.165) is 45.6 Å². The fourth-order valence-electron chi connectivity index (χ4n) is 4.80. The molecule has 0 radical (unpaired) electrons. The lowest BCUT2D eigenvalue weighted by Gasteiger charge is -2.38. The Hall–Kier alpha value is -3.72. The third-order valence-electron chi connectivity index (χ3n) is 6.85. The lowest BCUT2D eigenvalue weighted by molar-refractivity contribution is 0.133. The van der Waals surface area contributed by atoms with Crippen LogP contribution in [0.1, 0.15) is 30.5 Å². The van der Waals surface area contributed by atoms with Crippen LogP contribution < -0.4 is 4.90 Å². The van der Waals surface area contributed by atoms with Crippen molar-refractivity contribution in [2.45, 2.75) is 19.3 Å². The summed E-state index contributed by atoms with van der Waals surface area (Å²) in [4.78, 5) is 11.2. The number of piperidine rings is 1. The molecule has 0 saturated carbocycles. The van der Waals surface area contributed by atoms with Crippen LogP contribution in [0.3, 0.4) is 0 Å². The SMILES string of the molecule is Fc1c(F)c(F)c(C#Cc2n[nH]c3nc(N4CCC5(CCOC5)CC4)n4ccnc4c23)c(F)c1F. The number of hydrogen-bond acceptors (Lipinski definition) is 5. The smallest absolute Gasteiger partial charge is 0.213 e. The molecule has 180 valence electrons. The number of rotatable bonds is 1. The molecule has 0 bridgehead atoms. The molecule has 0 atom stereocenters. The van der Waals surface area contributed by atoms with Gasteiger partial charge >= 0.3 is 0 Å². The van der Waals surface area contributed by atoms with Crippen molar-refractivity contribution >= 4 is 22.6 Å². The van der Waals surface area contributed by atoms with Gasteiger partial charge in [-0.05, 0) is 30.6 Å². The molecule has 12 heteroatoms. The zero-order valence-corrected chi connectivity index (χ0v) is 18.1. The summed E-state index contributed by atoms with van der Waals surface area (Å²) in [5.41, 5.74) is -0.218. The molecule has 0 amide bonds. The zero-order chi connectivity index (χ0) is 24.3. The van der Waals surface area contributed by atoms with Gasteiger partial charge in [-0.1, -0.05) is 5.92 Å². The summed E-state index contributed by atoms with van der Waals surface area (Å²) >= 11 is 0. The van der Waals surface area contributed by atoms with Crippen molar-refractivity contribution < 1.29 is 26.7 Å². The zero-order valence-electron chi connectivity index (χ0n) is 18.1. The summed E-state index contributed by atoms with van der Waals surface area (Å²) < 4.78 is 75.8. The molecule has 2 fully saturated rings. The number of benzene rings is 1. The van der Waals surface area contributed by atoms with Gasteiger partial charge in [0.2, 0.25) is 11.8 Å². The van der Waals surface area contributed by atoms with Crippen LogP contribution in [0.25, 0.3) is 16.7 Å². The molecule has 35 heavy (non-hydrogen) atoms. The Labute approximate surface area is 194 Å². The Kier molecular flexibility index (Phi) is 4.93. The third-order valence-corrected chi connectivity index (χ3v) is 6.85. The van der Waals surface area contributed by atoms with Crippen LogP contribution in [0.4, 0.5) is 27.9 Å². The lowest BCUT2D eigenvalue weighted by Crippen LogP contribution is -2.41. The summed E-state index contributed by atoms with van der Waals surface area (Å²) in [5.74, 6) is -5.28. The molecule has 3 aromatic heterocycles. The third kappa shape index (κ3) is 3.33. The van der Waals surface area contributed by atoms with Crippen molar-refractivity contribution in [1.82, 2.24) is 24.6 Å². The molecule has 7 nitrogen and oxygen atoms in total. The van der Waals surface area contributed by atoms with Crippen molar-refractivity contribution in [2.24, 2.45) is 5.41 Å². The Morgan fingerprint density at radius 1 is 0.943 bits per heavy atom. The van der Waals surface area contributed by atoms with E-state index in [2.05, 4.69) is 31.0 Å². The van der Waals surface area contributed by atoms with E-state index in [1.165, 1.54) is 0 Å². The van der Waals surface area contributed by atoms with Crippen molar-refractivity contribution in [3.8, 4) is 11.8 Å². The molecule has 1 aromatic carbocycles. The predicted molar refractivity (Wildman–Crippen MR) is 114 cm³/mol. The van der Waals surface area contributed by atoms with Crippen LogP contribution in [0.5, 0.6) is 0 Å². The largest absolute Gasteiger partial charge is 0.381 e. The number of aromatic nitrogens is 5. The number of ether oxygens (including phenoxy) is 1. The van der Waals surface area contributed by atoms with Gasteiger partial charge in [0.25, 0.3) is 0 Å². The summed E-state index contributed by atoms with van der Waals surface area (Å²) in [6.45, 7) is 3.14. The van der Waals surface area contributed by atoms with E-state index >= 15 is 0 Å². The first-order chi connectivity index (χ1) is 16.9. The lowest BCUT2D eigenvalue weighted by atomic mass is 9.78. The average molecular weight is 488 g/mol. The molecular formula is C23H17F5N6O. The molecule has 2 saturated heterocycles. The number of nitrogens with zero attached hydrogens (tertiary/aromatic N) is 5. The van der Waals surface area contributed by atoms with E-state index in [0.29, 0.717) is 22.6 Å². The molecule has 0 aliphatic carbocycles. The number of imidazole rings is 1. The maximum absolute atomic E-state index is 14.0. The van der Waals surface area contributed by atoms with Gasteiger partial charge in [-0.3, -0.25) is 9.50 Å². The molecule has 6 rings (SSSR count). The minimum absolute atomic E-state index is 0.0138. The van der Waals surface area contributed by atoms with Gasteiger partial charge in [0, 0.05) is 32.1 Å². The van der Waals surface area contributed by atoms with E-state index in [1.807, 2.05) is 5.92 Å². The number of H-pyrrole nitrogens is 1. The van der Waals surface area contributed by atoms with Crippen LogP contribution in [0.2, 0.25) is 0 Å². The average Bonchev–Trinajstić information content (AvgIpc) is 3.62. The highest BCUT2D eigenvalue weighted by Crippen LogP contribution is 2.40. The standard InChI is InChI=1S/C23H17F5N6O/c24-15-12(16(25)18(27)19(28)17(15)26)1-2-13-14-20(32-31-13)30-22(34-9-6-29-21(14)34)33-7-3-23(4-8-33)5-10-35-11-23/h6,9H,3-5,7-8,10-11H2,(H,31,32). The van der Waals surface area contributed by atoms with Crippen LogP contribution in [-0.2, 0) is 4.74 Å². The van der Waals surface area contributed by atoms with Crippen LogP contribution in [0.15, 0.2) is 12.4 Å². The van der Waals surface area contributed by atoms with E-state index < -0.39 is 34.6 Å². The van der Waals surface area contributed by atoms with Crippen molar-refractivity contribution in [1.29, 1.82) is 0 Å². The van der Waals surface area contributed by atoms with E-state index in [1.54, 1.807) is 16.8 Å². The number of anilines is 1. The van der Waals surface area contributed by atoms with Gasteiger partial charge in [-0.15, -0.1) is 0 Å². The number of nitrogens with one attached hydrogen (secondary N) is 1. The number of aromatic amines is 1. The number of hydrogen-bond donors (Lipinski definition) is 1. The van der Waals surface area contributed by atoms with Gasteiger partial charge in [-0.25, -0.2) is 26.9 Å². The normalized spacial score (nSPS) is 17.5. The Bertz CT molecular complexity index is 1510. The second kappa shape index (κ2) is 7.91. The maximum atomic E-state index is 14.0. The first-order valence-electron chi connectivity index (χ1n) is 11.0. The molecule has 1 spiro atoms. The van der Waals surface area contributed by atoms with Crippen molar-refractivity contribution in [3.63, 3.8) is 0 Å². The molecule has 2 aliphatic heterocycles. The van der Waals surface area contributed by atoms with E-state index in [-0.39, 0.29) is 11.1 Å². The first kappa shape index (κ1) is 21.8. The summed E-state index contributed by atoms with van der Waals surface area (Å²) in [7, 11) is 0. The molecule has 4 aromatic rings. The van der Waals surface area contributed by atoms with Gasteiger partial charge in [0.1, 0.15) is 11.3 Å². The highest BCUT2D eigenvalue weighted by atomic mass is 19.2. The Balaban J connectivity index is 1.40. The number of fused-ring (bicyclic) bond motifs is 3. The predicted octanol–water partition coefficient (Wildman–Crippen LogP) is 3.71. The maximum Gasteiger partial charge on any atom is 0.213 e. The molecule has 2 aliphatic rings. The van der Waals surface area contributed by atoms with Crippen molar-refractivity contribution in [2.75, 3.05) is 31.2 Å². The Morgan fingerprint density at radius 2 is 1.66 bits per heavy atom. The summed E-state index contributed by atoms with van der Waals surface area (Å²) in [6.07, 6.45) is 6.31. The Morgan fingerprint density at radius 3 is 2.34 bits per heavy atom. The number of halogens is 5. The van der Waals surface area contributed by atoms with Gasteiger partial charge in [-0.2, -0.15) is 10.1 Å². The van der Waals surface area contributed by atoms with E-state index in [9.17, 15) is 22.0 Å². The first-order valence-corrected chi connectivity index (χ1v) is 11.0. The summed E-state index contributed by atoms with van der Waals surface area (Å²) in [5, 5.41) is 7.15. The fraction of sp³-hybridized carbons (Fsp3) is 0.348. The monoisotopic (exact) mass is 488 g/mol. The minimum atomic E-state index is -2.24. The van der Waals surface area contributed by atoms with E-state index in [4.69, 9.17) is 4.74 Å². The second-order valence-electron chi connectivity index (χ2n) is 8.81. The summed E-state index contributed by atoms with van der Waals surface area (Å²) in [6, 6.07) is 0. The second-order valence-corrected chi connectivity index (χ2v) is 8.81. The fourth-order valence-corrected chi connectivity index (χ4v) is 4.80. The quantitative estimate of drug-likeness (QED) is 0.192. The van der Waals surface area contributed by atoms with Gasteiger partial charge in [0.05, 0.1) is 12.0 Å². The molecule has 1 N–H and O–H groups in total. The van der Waals surface area contributed by atoms with Crippen LogP contribution in [0, 0.1) is 46.3 Å². The van der Waals surface area contributed by atoms with Gasteiger partial charge in [0.15, 0.2) is 34.6 Å².